The van der Waals surface area contributed by atoms with Gasteiger partial charge in [0.2, 0.25) is 0 Å². The van der Waals surface area contributed by atoms with E-state index >= 15 is 0 Å². The second kappa shape index (κ2) is 6.99. The van der Waals surface area contributed by atoms with Gasteiger partial charge in [-0.2, -0.15) is 5.10 Å². The van der Waals surface area contributed by atoms with Gasteiger partial charge in [-0.25, -0.2) is 0 Å². The Bertz CT molecular complexity index is 338. The third kappa shape index (κ3) is 3.69. The molecule has 0 radical (unpaired) electrons. The second-order valence-corrected chi connectivity index (χ2v) is 4.79. The predicted octanol–water partition coefficient (Wildman–Crippen LogP) is 2.80. The van der Waals surface area contributed by atoms with Crippen molar-refractivity contribution in [2.75, 3.05) is 20.3 Å². The molecule has 1 unspecified atom stereocenters. The van der Waals surface area contributed by atoms with Gasteiger partial charge in [-0.1, -0.05) is 18.5 Å². The van der Waals surface area contributed by atoms with E-state index in [1.54, 1.807) is 13.3 Å². The minimum atomic E-state index is 0.0948. The minimum absolute atomic E-state index is 0.0948. The Morgan fingerprint density at radius 3 is 2.76 bits per heavy atom. The SMILES string of the molecule is CCCNC(COC)c1c(Cl)cnn1C(C)C. The number of nitrogens with one attached hydrogen (secondary N) is 1. The monoisotopic (exact) mass is 259 g/mol. The molecule has 4 nitrogen and oxygen atoms in total. The number of aromatic nitrogens is 2. The van der Waals surface area contributed by atoms with Crippen LogP contribution in [0.2, 0.25) is 5.02 Å². The summed E-state index contributed by atoms with van der Waals surface area (Å²) in [4.78, 5) is 0. The highest BCUT2D eigenvalue weighted by Crippen LogP contribution is 2.25. The smallest absolute Gasteiger partial charge is 0.0835 e. The summed E-state index contributed by atoms with van der Waals surface area (Å²) in [6.07, 6.45) is 2.78. The molecule has 98 valence electrons. The van der Waals surface area contributed by atoms with Crippen molar-refractivity contribution in [1.82, 2.24) is 15.1 Å². The number of rotatable bonds is 7. The maximum Gasteiger partial charge on any atom is 0.0835 e. The maximum absolute atomic E-state index is 6.22. The minimum Gasteiger partial charge on any atom is -0.383 e. The van der Waals surface area contributed by atoms with E-state index in [9.17, 15) is 0 Å². The van der Waals surface area contributed by atoms with E-state index in [4.69, 9.17) is 16.3 Å². The lowest BCUT2D eigenvalue weighted by Crippen LogP contribution is -2.29. The third-order valence-corrected chi connectivity index (χ3v) is 2.87. The molecule has 1 aromatic rings. The molecule has 0 amide bonds. The van der Waals surface area contributed by atoms with Crippen LogP contribution in [0.3, 0.4) is 0 Å². The second-order valence-electron chi connectivity index (χ2n) is 4.38. The molecule has 0 aromatic carbocycles. The zero-order chi connectivity index (χ0) is 12.8. The summed E-state index contributed by atoms with van der Waals surface area (Å²) in [7, 11) is 1.70. The molecule has 0 aliphatic carbocycles. The van der Waals surface area contributed by atoms with Gasteiger partial charge in [0.1, 0.15) is 0 Å². The van der Waals surface area contributed by atoms with Crippen molar-refractivity contribution in [3.8, 4) is 0 Å². The van der Waals surface area contributed by atoms with Gasteiger partial charge in [-0.05, 0) is 26.8 Å². The van der Waals surface area contributed by atoms with Gasteiger partial charge in [0.15, 0.2) is 0 Å². The molecular weight excluding hydrogens is 238 g/mol. The van der Waals surface area contributed by atoms with E-state index < -0.39 is 0 Å². The van der Waals surface area contributed by atoms with Gasteiger partial charge >= 0.3 is 0 Å². The van der Waals surface area contributed by atoms with Crippen molar-refractivity contribution in [2.24, 2.45) is 0 Å². The average Bonchev–Trinajstić information content (AvgIpc) is 2.66. The zero-order valence-corrected chi connectivity index (χ0v) is 11.8. The summed E-state index contributed by atoms with van der Waals surface area (Å²) in [5.74, 6) is 0. The van der Waals surface area contributed by atoms with Gasteiger partial charge in [0.25, 0.3) is 0 Å². The summed E-state index contributed by atoms with van der Waals surface area (Å²) in [5, 5.41) is 8.45. The number of nitrogens with zero attached hydrogens (tertiary/aromatic N) is 2. The number of ether oxygens (including phenoxy) is 1. The van der Waals surface area contributed by atoms with Crippen LogP contribution < -0.4 is 5.32 Å². The van der Waals surface area contributed by atoms with Crippen LogP contribution >= 0.6 is 11.6 Å². The van der Waals surface area contributed by atoms with Crippen molar-refractivity contribution in [3.63, 3.8) is 0 Å². The molecule has 1 rings (SSSR count). The first-order valence-electron chi connectivity index (χ1n) is 6.07. The van der Waals surface area contributed by atoms with Crippen LogP contribution in [0.15, 0.2) is 6.20 Å². The van der Waals surface area contributed by atoms with Crippen LogP contribution in [0.1, 0.15) is 45.0 Å². The zero-order valence-electron chi connectivity index (χ0n) is 11.0. The van der Waals surface area contributed by atoms with Crippen LogP contribution in [0.25, 0.3) is 0 Å². The van der Waals surface area contributed by atoms with Crippen LogP contribution in [0.4, 0.5) is 0 Å². The quantitative estimate of drug-likeness (QED) is 0.819. The van der Waals surface area contributed by atoms with Crippen molar-refractivity contribution in [2.45, 2.75) is 39.3 Å². The predicted molar refractivity (Wildman–Crippen MR) is 70.5 cm³/mol. The van der Waals surface area contributed by atoms with Gasteiger partial charge in [-0.3, -0.25) is 4.68 Å². The molecule has 17 heavy (non-hydrogen) atoms. The van der Waals surface area contributed by atoms with Gasteiger partial charge in [-0.15, -0.1) is 0 Å². The van der Waals surface area contributed by atoms with Crippen LogP contribution in [0, 0.1) is 0 Å². The van der Waals surface area contributed by atoms with E-state index in [0.717, 1.165) is 18.7 Å². The standard InChI is InChI=1S/C12H22ClN3O/c1-5-6-14-11(8-17-4)12-10(13)7-15-16(12)9(2)3/h7,9,11,14H,5-6,8H2,1-4H3. The Morgan fingerprint density at radius 1 is 1.53 bits per heavy atom. The van der Waals surface area contributed by atoms with Crippen molar-refractivity contribution in [3.05, 3.63) is 16.9 Å². The summed E-state index contributed by atoms with van der Waals surface area (Å²) >= 11 is 6.22. The van der Waals surface area contributed by atoms with Crippen LogP contribution in [-0.2, 0) is 4.74 Å². The normalized spacial score (nSPS) is 13.3. The highest BCUT2D eigenvalue weighted by molar-refractivity contribution is 6.31. The van der Waals surface area contributed by atoms with E-state index in [1.807, 2.05) is 4.68 Å². The van der Waals surface area contributed by atoms with E-state index in [-0.39, 0.29) is 6.04 Å². The molecule has 0 spiro atoms. The highest BCUT2D eigenvalue weighted by atomic mass is 35.5. The first-order valence-corrected chi connectivity index (χ1v) is 6.44. The summed E-state index contributed by atoms with van der Waals surface area (Å²) in [5.41, 5.74) is 1.01. The van der Waals surface area contributed by atoms with Gasteiger partial charge < -0.3 is 10.1 Å². The summed E-state index contributed by atoms with van der Waals surface area (Å²) in [6.45, 7) is 7.86. The molecule has 1 N–H and O–H groups in total. The fourth-order valence-corrected chi connectivity index (χ4v) is 2.07. The van der Waals surface area contributed by atoms with Gasteiger partial charge in [0.05, 0.1) is 29.6 Å². The molecule has 0 aliphatic heterocycles. The largest absolute Gasteiger partial charge is 0.383 e. The molecule has 0 fully saturated rings. The lowest BCUT2D eigenvalue weighted by Gasteiger charge is -2.21. The lowest BCUT2D eigenvalue weighted by atomic mass is 10.2. The van der Waals surface area contributed by atoms with E-state index in [2.05, 4.69) is 31.2 Å². The fourth-order valence-electron chi connectivity index (χ4n) is 1.81. The van der Waals surface area contributed by atoms with Crippen LogP contribution in [0.5, 0.6) is 0 Å². The van der Waals surface area contributed by atoms with Crippen molar-refractivity contribution in [1.29, 1.82) is 0 Å². The molecular formula is C12H22ClN3O. The van der Waals surface area contributed by atoms with Gasteiger partial charge in [0, 0.05) is 13.2 Å². The Hall–Kier alpha value is -0.580. The Kier molecular flexibility index (Phi) is 5.95. The molecule has 5 heteroatoms. The maximum atomic E-state index is 6.22. The van der Waals surface area contributed by atoms with Crippen molar-refractivity contribution < 1.29 is 4.74 Å². The topological polar surface area (TPSA) is 39.1 Å². The molecule has 0 saturated heterocycles. The third-order valence-electron chi connectivity index (χ3n) is 2.58. The Morgan fingerprint density at radius 2 is 2.24 bits per heavy atom. The van der Waals surface area contributed by atoms with Crippen molar-refractivity contribution >= 4 is 11.6 Å². The Balaban J connectivity index is 2.94. The lowest BCUT2D eigenvalue weighted by molar-refractivity contribution is 0.162. The average molecular weight is 260 g/mol. The number of methoxy groups -OCH3 is 1. The molecule has 0 aliphatic rings. The molecule has 1 atom stereocenters. The number of halogens is 1. The summed E-state index contributed by atoms with van der Waals surface area (Å²) in [6, 6.07) is 0.387. The first-order chi connectivity index (χ1) is 8.11. The summed E-state index contributed by atoms with van der Waals surface area (Å²) < 4.78 is 7.21. The number of hydrogen-bond acceptors (Lipinski definition) is 3. The van der Waals surface area contributed by atoms with E-state index in [1.165, 1.54) is 0 Å². The molecule has 0 bridgehead atoms. The molecule has 0 saturated carbocycles. The highest BCUT2D eigenvalue weighted by Gasteiger charge is 2.21. The van der Waals surface area contributed by atoms with Crippen LogP contribution in [-0.4, -0.2) is 30.0 Å². The number of hydrogen-bond donors (Lipinski definition) is 1. The molecule has 1 aromatic heterocycles. The Labute approximate surface area is 108 Å². The first kappa shape index (κ1) is 14.5. The fraction of sp³-hybridized carbons (Fsp3) is 0.750. The van der Waals surface area contributed by atoms with E-state index in [0.29, 0.717) is 17.7 Å². The molecule has 1 heterocycles.